The summed E-state index contributed by atoms with van der Waals surface area (Å²) in [6, 6.07) is 9.92. The highest BCUT2D eigenvalue weighted by Crippen LogP contribution is 2.00. The Morgan fingerprint density at radius 2 is 1.79 bits per heavy atom. The molecular formula is C11H16O3. The molecule has 0 atom stereocenters. The molecule has 0 aliphatic heterocycles. The van der Waals surface area contributed by atoms with Crippen LogP contribution in [0.5, 0.6) is 0 Å². The summed E-state index contributed by atoms with van der Waals surface area (Å²) in [7, 11) is 1.67. The standard InChI is InChI=1S/C11H16O3/c1-12-8-5-9-13-14-10-11-6-3-2-4-7-11/h2-4,6-7H,5,8-10H2,1H3. The topological polar surface area (TPSA) is 27.7 Å². The van der Waals surface area contributed by atoms with Crippen LogP contribution < -0.4 is 0 Å². The van der Waals surface area contributed by atoms with Crippen molar-refractivity contribution >= 4 is 0 Å². The Labute approximate surface area is 84.5 Å². The van der Waals surface area contributed by atoms with Gasteiger partial charge < -0.3 is 4.74 Å². The number of methoxy groups -OCH3 is 1. The van der Waals surface area contributed by atoms with Crippen LogP contribution in [0.1, 0.15) is 12.0 Å². The SMILES string of the molecule is COCCCOOCc1ccccc1. The molecule has 3 heteroatoms. The molecule has 0 unspecified atom stereocenters. The molecule has 0 fully saturated rings. The molecule has 0 aliphatic rings. The van der Waals surface area contributed by atoms with E-state index >= 15 is 0 Å². The van der Waals surface area contributed by atoms with Crippen LogP contribution in [0, 0.1) is 0 Å². The fraction of sp³-hybridized carbons (Fsp3) is 0.455. The van der Waals surface area contributed by atoms with E-state index in [1.165, 1.54) is 0 Å². The Kier molecular flexibility index (Phi) is 5.99. The van der Waals surface area contributed by atoms with Gasteiger partial charge in [-0.2, -0.15) is 0 Å². The maximum Gasteiger partial charge on any atom is 0.107 e. The van der Waals surface area contributed by atoms with Gasteiger partial charge in [0.05, 0.1) is 6.61 Å². The van der Waals surface area contributed by atoms with Crippen molar-refractivity contribution in [2.24, 2.45) is 0 Å². The first kappa shape index (κ1) is 11.2. The molecular weight excluding hydrogens is 180 g/mol. The zero-order valence-electron chi connectivity index (χ0n) is 8.44. The molecule has 1 aromatic carbocycles. The molecule has 0 aromatic heterocycles. The molecule has 0 saturated carbocycles. The molecule has 3 nitrogen and oxygen atoms in total. The van der Waals surface area contributed by atoms with Crippen molar-refractivity contribution in [1.29, 1.82) is 0 Å². The van der Waals surface area contributed by atoms with E-state index in [4.69, 9.17) is 14.5 Å². The molecule has 1 aromatic rings. The lowest BCUT2D eigenvalue weighted by molar-refractivity contribution is -0.304. The van der Waals surface area contributed by atoms with Crippen molar-refractivity contribution in [3.05, 3.63) is 35.9 Å². The largest absolute Gasteiger partial charge is 0.385 e. The van der Waals surface area contributed by atoms with Crippen LogP contribution in [-0.4, -0.2) is 20.3 Å². The number of hydrogen-bond donors (Lipinski definition) is 0. The quantitative estimate of drug-likeness (QED) is 0.380. The second kappa shape index (κ2) is 7.50. The van der Waals surface area contributed by atoms with E-state index in [-0.39, 0.29) is 0 Å². The van der Waals surface area contributed by atoms with Crippen LogP contribution in [-0.2, 0) is 21.1 Å². The van der Waals surface area contributed by atoms with E-state index in [9.17, 15) is 0 Å². The van der Waals surface area contributed by atoms with Gasteiger partial charge in [0.15, 0.2) is 0 Å². The maximum absolute atomic E-state index is 5.01. The van der Waals surface area contributed by atoms with E-state index < -0.39 is 0 Å². The summed E-state index contributed by atoms with van der Waals surface area (Å²) in [5.74, 6) is 0. The summed E-state index contributed by atoms with van der Waals surface area (Å²) in [6.07, 6.45) is 0.852. The number of rotatable bonds is 7. The molecule has 0 heterocycles. The van der Waals surface area contributed by atoms with Gasteiger partial charge >= 0.3 is 0 Å². The van der Waals surface area contributed by atoms with Crippen LogP contribution in [0.4, 0.5) is 0 Å². The predicted octanol–water partition coefficient (Wildman–Crippen LogP) is 2.17. The second-order valence-corrected chi connectivity index (χ2v) is 2.92. The van der Waals surface area contributed by atoms with Crippen molar-refractivity contribution < 1.29 is 14.5 Å². The predicted molar refractivity (Wildman–Crippen MR) is 53.7 cm³/mol. The molecule has 0 spiro atoms. The molecule has 1 rings (SSSR count). The first-order valence-electron chi connectivity index (χ1n) is 4.71. The fourth-order valence-corrected chi connectivity index (χ4v) is 1.01. The molecule has 0 amide bonds. The van der Waals surface area contributed by atoms with Crippen LogP contribution in [0.15, 0.2) is 30.3 Å². The van der Waals surface area contributed by atoms with E-state index in [0.29, 0.717) is 19.8 Å². The van der Waals surface area contributed by atoms with Gasteiger partial charge in [0, 0.05) is 13.7 Å². The zero-order valence-corrected chi connectivity index (χ0v) is 8.44. The highest BCUT2D eigenvalue weighted by atomic mass is 17.2. The van der Waals surface area contributed by atoms with Gasteiger partial charge in [-0.3, -0.25) is 0 Å². The third-order valence-corrected chi connectivity index (χ3v) is 1.73. The number of benzene rings is 1. The molecule has 0 aliphatic carbocycles. The van der Waals surface area contributed by atoms with Crippen molar-refractivity contribution in [1.82, 2.24) is 0 Å². The minimum atomic E-state index is 0.494. The Morgan fingerprint density at radius 1 is 1.00 bits per heavy atom. The summed E-state index contributed by atoms with van der Waals surface area (Å²) in [4.78, 5) is 9.97. The van der Waals surface area contributed by atoms with Gasteiger partial charge in [0.2, 0.25) is 0 Å². The van der Waals surface area contributed by atoms with Crippen molar-refractivity contribution in [3.8, 4) is 0 Å². The first-order valence-corrected chi connectivity index (χ1v) is 4.71. The summed E-state index contributed by atoms with van der Waals surface area (Å²) >= 11 is 0. The average Bonchev–Trinajstić information content (AvgIpc) is 2.25. The number of hydrogen-bond acceptors (Lipinski definition) is 3. The monoisotopic (exact) mass is 196 g/mol. The second-order valence-electron chi connectivity index (χ2n) is 2.92. The zero-order chi connectivity index (χ0) is 10.1. The smallest absolute Gasteiger partial charge is 0.107 e. The van der Waals surface area contributed by atoms with Crippen LogP contribution in [0.25, 0.3) is 0 Å². The molecule has 0 radical (unpaired) electrons. The Balaban J connectivity index is 1.99. The van der Waals surface area contributed by atoms with Crippen molar-refractivity contribution in [2.75, 3.05) is 20.3 Å². The minimum Gasteiger partial charge on any atom is -0.385 e. The minimum absolute atomic E-state index is 0.494. The van der Waals surface area contributed by atoms with Crippen LogP contribution in [0.3, 0.4) is 0 Å². The lowest BCUT2D eigenvalue weighted by Gasteiger charge is -2.03. The fourth-order valence-electron chi connectivity index (χ4n) is 1.01. The molecule has 0 N–H and O–H groups in total. The van der Waals surface area contributed by atoms with Crippen molar-refractivity contribution in [3.63, 3.8) is 0 Å². The van der Waals surface area contributed by atoms with Crippen LogP contribution >= 0.6 is 0 Å². The molecule has 0 bridgehead atoms. The third kappa shape index (κ3) is 4.97. The summed E-state index contributed by atoms with van der Waals surface area (Å²) < 4.78 is 4.87. The lowest BCUT2D eigenvalue weighted by Crippen LogP contribution is -2.00. The van der Waals surface area contributed by atoms with Gasteiger partial charge in [0.25, 0.3) is 0 Å². The van der Waals surface area contributed by atoms with E-state index in [1.807, 2.05) is 30.3 Å². The summed E-state index contributed by atoms with van der Waals surface area (Å²) in [5.41, 5.74) is 1.11. The van der Waals surface area contributed by atoms with E-state index in [2.05, 4.69) is 0 Å². The van der Waals surface area contributed by atoms with Crippen molar-refractivity contribution in [2.45, 2.75) is 13.0 Å². The maximum atomic E-state index is 5.01. The average molecular weight is 196 g/mol. The normalized spacial score (nSPS) is 10.4. The third-order valence-electron chi connectivity index (χ3n) is 1.73. The van der Waals surface area contributed by atoms with Gasteiger partial charge in [-0.05, 0) is 12.0 Å². The molecule has 78 valence electrons. The van der Waals surface area contributed by atoms with E-state index in [0.717, 1.165) is 12.0 Å². The van der Waals surface area contributed by atoms with Crippen LogP contribution in [0.2, 0.25) is 0 Å². The van der Waals surface area contributed by atoms with Gasteiger partial charge in [-0.25, -0.2) is 9.78 Å². The first-order chi connectivity index (χ1) is 6.93. The molecule has 14 heavy (non-hydrogen) atoms. The highest BCUT2D eigenvalue weighted by molar-refractivity contribution is 5.13. The highest BCUT2D eigenvalue weighted by Gasteiger charge is 1.92. The molecule has 0 saturated heterocycles. The number of ether oxygens (including phenoxy) is 1. The Bertz CT molecular complexity index is 223. The lowest BCUT2D eigenvalue weighted by atomic mass is 10.2. The van der Waals surface area contributed by atoms with Gasteiger partial charge in [-0.1, -0.05) is 30.3 Å². The van der Waals surface area contributed by atoms with Gasteiger partial charge in [0.1, 0.15) is 6.61 Å². The summed E-state index contributed by atoms with van der Waals surface area (Å²) in [6.45, 7) is 1.77. The Hall–Kier alpha value is -0.900. The van der Waals surface area contributed by atoms with E-state index in [1.54, 1.807) is 7.11 Å². The van der Waals surface area contributed by atoms with Gasteiger partial charge in [-0.15, -0.1) is 0 Å². The summed E-state index contributed by atoms with van der Waals surface area (Å²) in [5, 5.41) is 0. The Morgan fingerprint density at radius 3 is 2.50 bits per heavy atom.